The maximum absolute atomic E-state index is 13.1. The number of nitrogens with one attached hydrogen (secondary N) is 2. The first-order valence-corrected chi connectivity index (χ1v) is 10.4. The molecule has 2 heterocycles. The van der Waals surface area contributed by atoms with Crippen molar-refractivity contribution in [3.63, 3.8) is 0 Å². The number of hydrogen-bond acceptors (Lipinski definition) is 6. The first-order chi connectivity index (χ1) is 16.8. The maximum Gasteiger partial charge on any atom is 0.342 e. The third kappa shape index (κ3) is 5.38. The lowest BCUT2D eigenvalue weighted by molar-refractivity contribution is -0.119. The molecule has 9 nitrogen and oxygen atoms in total. The van der Waals surface area contributed by atoms with Crippen LogP contribution in [0.5, 0.6) is 0 Å². The number of fused-ring (bicyclic) bond motifs is 1. The number of aryl methyl sites for hydroxylation is 1. The Morgan fingerprint density at radius 3 is 2.43 bits per heavy atom. The lowest BCUT2D eigenvalue weighted by atomic mass is 10.2. The molecule has 176 valence electrons. The number of rotatable bonds is 6. The molecule has 0 saturated heterocycles. The minimum Gasteiger partial charge on any atom is -0.452 e. The van der Waals surface area contributed by atoms with Crippen molar-refractivity contribution < 1.29 is 23.5 Å². The number of halogens is 1. The van der Waals surface area contributed by atoms with Crippen molar-refractivity contribution in [2.24, 2.45) is 0 Å². The molecular formula is C25H19FN4O5. The Bertz CT molecular complexity index is 1480. The lowest BCUT2D eigenvalue weighted by Gasteiger charge is -2.10. The molecule has 0 saturated carbocycles. The van der Waals surface area contributed by atoms with Crippen LogP contribution in [0.15, 0.2) is 77.9 Å². The maximum atomic E-state index is 13.1. The van der Waals surface area contributed by atoms with Gasteiger partial charge in [0.05, 0.1) is 6.20 Å². The van der Waals surface area contributed by atoms with Gasteiger partial charge in [0.15, 0.2) is 12.3 Å². The van der Waals surface area contributed by atoms with Crippen LogP contribution in [0, 0.1) is 12.7 Å². The molecule has 2 N–H and O–H groups in total. The second-order valence-electron chi connectivity index (χ2n) is 7.54. The molecule has 0 spiro atoms. The topological polar surface area (TPSA) is 119 Å². The molecule has 0 aliphatic carbocycles. The Balaban J connectivity index is 1.48. The Morgan fingerprint density at radius 1 is 1.00 bits per heavy atom. The van der Waals surface area contributed by atoms with E-state index in [4.69, 9.17) is 4.74 Å². The van der Waals surface area contributed by atoms with Gasteiger partial charge >= 0.3 is 5.97 Å². The van der Waals surface area contributed by atoms with Crippen molar-refractivity contribution in [3.05, 3.63) is 106 Å². The first-order valence-electron chi connectivity index (χ1n) is 10.4. The number of benzene rings is 2. The summed E-state index contributed by atoms with van der Waals surface area (Å²) in [7, 11) is 0. The smallest absolute Gasteiger partial charge is 0.342 e. The van der Waals surface area contributed by atoms with Crippen molar-refractivity contribution in [2.75, 3.05) is 17.2 Å². The highest BCUT2D eigenvalue weighted by Crippen LogP contribution is 2.12. The quantitative estimate of drug-likeness (QED) is 0.415. The number of pyridine rings is 1. The standard InChI is InChI=1S/C25H19FN4O5/c1-15-4-10-18(11-5-15)28-21(31)14-35-25(34)19-3-2-12-30-22(19)27-13-20(24(30)33)29-23(32)16-6-8-17(26)9-7-16/h2-13H,14H2,1H3,(H,28,31)(H,29,32). The van der Waals surface area contributed by atoms with Gasteiger partial charge in [-0.15, -0.1) is 0 Å². The summed E-state index contributed by atoms with van der Waals surface area (Å²) >= 11 is 0. The molecule has 4 aromatic rings. The molecule has 0 bridgehead atoms. The highest BCUT2D eigenvalue weighted by Gasteiger charge is 2.17. The number of esters is 1. The van der Waals surface area contributed by atoms with Crippen molar-refractivity contribution in [2.45, 2.75) is 6.92 Å². The van der Waals surface area contributed by atoms with Crippen LogP contribution >= 0.6 is 0 Å². The van der Waals surface area contributed by atoms with Crippen LogP contribution in [-0.2, 0) is 9.53 Å². The van der Waals surface area contributed by atoms with E-state index in [2.05, 4.69) is 15.6 Å². The predicted octanol–water partition coefficient (Wildman–Crippen LogP) is 3.19. The number of carbonyl (C=O) groups excluding carboxylic acids is 3. The van der Waals surface area contributed by atoms with Gasteiger partial charge < -0.3 is 15.4 Å². The number of amides is 2. The van der Waals surface area contributed by atoms with E-state index in [1.165, 1.54) is 30.5 Å². The van der Waals surface area contributed by atoms with E-state index in [1.807, 2.05) is 19.1 Å². The molecule has 35 heavy (non-hydrogen) atoms. The fourth-order valence-electron chi connectivity index (χ4n) is 3.19. The fourth-order valence-corrected chi connectivity index (χ4v) is 3.19. The minimum atomic E-state index is -0.850. The Kier molecular flexibility index (Phi) is 6.63. The highest BCUT2D eigenvalue weighted by atomic mass is 19.1. The number of aromatic nitrogens is 2. The zero-order valence-electron chi connectivity index (χ0n) is 18.4. The SMILES string of the molecule is Cc1ccc(NC(=O)COC(=O)c2cccn3c(=O)c(NC(=O)c4ccc(F)cc4)cnc23)cc1. The molecule has 2 amide bonds. The lowest BCUT2D eigenvalue weighted by Crippen LogP contribution is -2.25. The molecule has 2 aromatic heterocycles. The van der Waals surface area contributed by atoms with Gasteiger partial charge in [0.2, 0.25) is 0 Å². The Labute approximate surface area is 198 Å². The van der Waals surface area contributed by atoms with Crippen molar-refractivity contribution in [1.29, 1.82) is 0 Å². The van der Waals surface area contributed by atoms with Crippen molar-refractivity contribution in [1.82, 2.24) is 9.38 Å². The van der Waals surface area contributed by atoms with E-state index >= 15 is 0 Å². The van der Waals surface area contributed by atoms with Crippen LogP contribution < -0.4 is 16.2 Å². The summed E-state index contributed by atoms with van der Waals surface area (Å²) in [6.07, 6.45) is 2.49. The molecule has 10 heteroatoms. The normalized spacial score (nSPS) is 10.6. The number of carbonyl (C=O) groups is 3. The summed E-state index contributed by atoms with van der Waals surface area (Å²) in [5.74, 6) is -2.50. The first kappa shape index (κ1) is 23.3. The Morgan fingerprint density at radius 2 is 1.71 bits per heavy atom. The molecule has 0 aliphatic rings. The zero-order valence-corrected chi connectivity index (χ0v) is 18.4. The fraction of sp³-hybridized carbons (Fsp3) is 0.0800. The van der Waals surface area contributed by atoms with Gasteiger partial charge in [0.1, 0.15) is 17.1 Å². The van der Waals surface area contributed by atoms with Gasteiger partial charge in [-0.25, -0.2) is 14.2 Å². The summed E-state index contributed by atoms with van der Waals surface area (Å²) in [6, 6.07) is 14.8. The summed E-state index contributed by atoms with van der Waals surface area (Å²) < 4.78 is 19.2. The van der Waals surface area contributed by atoms with E-state index in [0.29, 0.717) is 5.69 Å². The number of nitrogens with zero attached hydrogens (tertiary/aromatic N) is 2. The zero-order chi connectivity index (χ0) is 24.9. The Hall–Kier alpha value is -4.86. The average Bonchev–Trinajstić information content (AvgIpc) is 2.85. The van der Waals surface area contributed by atoms with E-state index in [0.717, 1.165) is 28.3 Å². The summed E-state index contributed by atoms with van der Waals surface area (Å²) in [4.78, 5) is 54.0. The third-order valence-electron chi connectivity index (χ3n) is 4.98. The van der Waals surface area contributed by atoms with Gasteiger partial charge in [-0.3, -0.25) is 18.8 Å². The highest BCUT2D eigenvalue weighted by molar-refractivity contribution is 6.04. The molecule has 0 atom stereocenters. The monoisotopic (exact) mass is 474 g/mol. The second kappa shape index (κ2) is 9.96. The van der Waals surface area contributed by atoms with E-state index in [9.17, 15) is 23.6 Å². The molecule has 2 aromatic carbocycles. The van der Waals surface area contributed by atoms with Gasteiger partial charge in [-0.1, -0.05) is 17.7 Å². The number of anilines is 2. The molecule has 0 radical (unpaired) electrons. The molecular weight excluding hydrogens is 455 g/mol. The van der Waals surface area contributed by atoms with Gasteiger partial charge in [-0.2, -0.15) is 0 Å². The average molecular weight is 474 g/mol. The van der Waals surface area contributed by atoms with Gasteiger partial charge in [0, 0.05) is 17.4 Å². The van der Waals surface area contributed by atoms with Crippen molar-refractivity contribution in [3.8, 4) is 0 Å². The van der Waals surface area contributed by atoms with Crippen LogP contribution in [0.2, 0.25) is 0 Å². The molecule has 0 aliphatic heterocycles. The number of hydrogen-bond donors (Lipinski definition) is 2. The second-order valence-corrected chi connectivity index (χ2v) is 7.54. The number of ether oxygens (including phenoxy) is 1. The van der Waals surface area contributed by atoms with E-state index < -0.39 is 35.8 Å². The summed E-state index contributed by atoms with van der Waals surface area (Å²) in [6.45, 7) is 1.38. The van der Waals surface area contributed by atoms with Crippen LogP contribution in [0.4, 0.5) is 15.8 Å². The van der Waals surface area contributed by atoms with E-state index in [1.54, 1.807) is 12.1 Å². The largest absolute Gasteiger partial charge is 0.452 e. The predicted molar refractivity (Wildman–Crippen MR) is 126 cm³/mol. The minimum absolute atomic E-state index is 0.0128. The van der Waals surface area contributed by atoms with Gasteiger partial charge in [0.25, 0.3) is 17.4 Å². The van der Waals surface area contributed by atoms with E-state index in [-0.39, 0.29) is 22.5 Å². The molecule has 0 unspecified atom stereocenters. The summed E-state index contributed by atoms with van der Waals surface area (Å²) in [5.41, 5.74) is 0.913. The van der Waals surface area contributed by atoms with Crippen LogP contribution in [0.25, 0.3) is 5.65 Å². The molecule has 4 rings (SSSR count). The van der Waals surface area contributed by atoms with Crippen LogP contribution in [0.1, 0.15) is 26.3 Å². The molecule has 0 fully saturated rings. The van der Waals surface area contributed by atoms with Gasteiger partial charge in [-0.05, 0) is 55.5 Å². The van der Waals surface area contributed by atoms with Crippen LogP contribution in [0.3, 0.4) is 0 Å². The van der Waals surface area contributed by atoms with Crippen LogP contribution in [-0.4, -0.2) is 33.8 Å². The third-order valence-corrected chi connectivity index (χ3v) is 4.98. The van der Waals surface area contributed by atoms with Crippen molar-refractivity contribution >= 4 is 34.8 Å². The summed E-state index contributed by atoms with van der Waals surface area (Å²) in [5, 5.41) is 5.04.